The van der Waals surface area contributed by atoms with Crippen LogP contribution in [0.25, 0.3) is 11.4 Å². The fraction of sp³-hybridized carbons (Fsp3) is 0.0667. The third-order valence-corrected chi connectivity index (χ3v) is 3.62. The monoisotopic (exact) mass is 382 g/mol. The lowest BCUT2D eigenvalue weighted by molar-refractivity contribution is -0.137. The number of halogens is 4. The normalized spacial score (nSPS) is 11.2. The van der Waals surface area contributed by atoms with Crippen LogP contribution in [0.15, 0.2) is 42.5 Å². The standard InChI is InChI=1S/C15H10ClF3N6O/c16-11-6-5-8(7-10(11)15(17,18)19)20-14(26)21-12-4-2-1-3-9(12)13-22-24-25-23-13/h1-7H,(H2,20,21,26)(H,22,23,24,25). The summed E-state index contributed by atoms with van der Waals surface area (Å²) in [7, 11) is 0. The first-order chi connectivity index (χ1) is 12.3. The topological polar surface area (TPSA) is 95.6 Å². The summed E-state index contributed by atoms with van der Waals surface area (Å²) in [4.78, 5) is 12.1. The van der Waals surface area contributed by atoms with Crippen molar-refractivity contribution in [3.8, 4) is 11.4 Å². The number of anilines is 2. The molecule has 1 aromatic heterocycles. The van der Waals surface area contributed by atoms with E-state index in [1.807, 2.05) is 0 Å². The van der Waals surface area contributed by atoms with Crippen LogP contribution >= 0.6 is 11.6 Å². The van der Waals surface area contributed by atoms with Crippen LogP contribution in [0.1, 0.15) is 5.56 Å². The highest BCUT2D eigenvalue weighted by molar-refractivity contribution is 6.31. The van der Waals surface area contributed by atoms with E-state index >= 15 is 0 Å². The van der Waals surface area contributed by atoms with E-state index in [2.05, 4.69) is 31.3 Å². The number of carbonyl (C=O) groups is 1. The molecule has 26 heavy (non-hydrogen) atoms. The molecule has 0 saturated heterocycles. The zero-order valence-corrected chi connectivity index (χ0v) is 13.6. The Balaban J connectivity index is 1.79. The molecule has 2 amide bonds. The van der Waals surface area contributed by atoms with Crippen molar-refractivity contribution in [3.05, 3.63) is 53.1 Å². The van der Waals surface area contributed by atoms with Crippen molar-refractivity contribution in [1.29, 1.82) is 0 Å². The van der Waals surface area contributed by atoms with Crippen LogP contribution in [0.3, 0.4) is 0 Å². The van der Waals surface area contributed by atoms with Gasteiger partial charge in [-0.2, -0.15) is 18.4 Å². The van der Waals surface area contributed by atoms with E-state index < -0.39 is 22.8 Å². The Hall–Kier alpha value is -3.14. The summed E-state index contributed by atoms with van der Waals surface area (Å²) in [5.41, 5.74) is -0.250. The molecule has 0 aliphatic rings. The number of urea groups is 1. The van der Waals surface area contributed by atoms with Gasteiger partial charge < -0.3 is 10.6 Å². The number of alkyl halides is 3. The molecule has 3 rings (SSSR count). The number of tetrazole rings is 1. The predicted molar refractivity (Wildman–Crippen MR) is 88.7 cm³/mol. The number of nitrogens with zero attached hydrogens (tertiary/aromatic N) is 3. The first kappa shape index (κ1) is 17.7. The Morgan fingerprint density at radius 3 is 2.58 bits per heavy atom. The van der Waals surface area contributed by atoms with Gasteiger partial charge in [0.05, 0.1) is 16.3 Å². The Labute approximate surface area is 149 Å². The summed E-state index contributed by atoms with van der Waals surface area (Å²) in [5, 5.41) is 17.8. The number of H-pyrrole nitrogens is 1. The number of hydrogen-bond donors (Lipinski definition) is 3. The number of aromatic amines is 1. The van der Waals surface area contributed by atoms with Gasteiger partial charge in [-0.05, 0) is 35.5 Å². The number of amides is 2. The lowest BCUT2D eigenvalue weighted by Gasteiger charge is -2.13. The maximum absolute atomic E-state index is 12.9. The first-order valence-electron chi connectivity index (χ1n) is 7.12. The summed E-state index contributed by atoms with van der Waals surface area (Å²) in [6.07, 6.45) is -4.63. The minimum atomic E-state index is -4.63. The van der Waals surface area contributed by atoms with E-state index in [4.69, 9.17) is 11.6 Å². The Morgan fingerprint density at radius 1 is 1.12 bits per heavy atom. The number of benzene rings is 2. The molecule has 2 aromatic carbocycles. The van der Waals surface area contributed by atoms with Crippen LogP contribution < -0.4 is 10.6 Å². The number of nitrogens with one attached hydrogen (secondary N) is 3. The predicted octanol–water partition coefficient (Wildman–Crippen LogP) is 4.18. The molecule has 0 unspecified atom stereocenters. The van der Waals surface area contributed by atoms with Gasteiger partial charge in [-0.25, -0.2) is 4.79 Å². The smallest absolute Gasteiger partial charge is 0.308 e. The molecule has 0 aliphatic carbocycles. The average Bonchev–Trinajstić information content (AvgIpc) is 3.10. The van der Waals surface area contributed by atoms with Gasteiger partial charge >= 0.3 is 12.2 Å². The molecule has 1 heterocycles. The molecule has 7 nitrogen and oxygen atoms in total. The molecule has 134 valence electrons. The maximum atomic E-state index is 12.9. The molecule has 0 atom stereocenters. The van der Waals surface area contributed by atoms with Crippen molar-refractivity contribution in [1.82, 2.24) is 20.6 Å². The molecule has 3 aromatic rings. The molecular weight excluding hydrogens is 373 g/mol. The van der Waals surface area contributed by atoms with E-state index in [-0.39, 0.29) is 11.5 Å². The molecule has 0 spiro atoms. The summed E-state index contributed by atoms with van der Waals surface area (Å²) >= 11 is 5.55. The van der Waals surface area contributed by atoms with Crippen molar-refractivity contribution < 1.29 is 18.0 Å². The third-order valence-electron chi connectivity index (χ3n) is 3.29. The average molecular weight is 383 g/mol. The Bertz CT molecular complexity index is 929. The molecular formula is C15H10ClF3N6O. The molecule has 0 fully saturated rings. The summed E-state index contributed by atoms with van der Waals surface area (Å²) < 4.78 is 38.7. The second-order valence-electron chi connectivity index (χ2n) is 5.05. The quantitative estimate of drug-likeness (QED) is 0.633. The number of aromatic nitrogens is 4. The second kappa shape index (κ2) is 7.00. The summed E-state index contributed by atoms with van der Waals surface area (Å²) in [6.45, 7) is 0. The van der Waals surface area contributed by atoms with Crippen molar-refractivity contribution in [3.63, 3.8) is 0 Å². The second-order valence-corrected chi connectivity index (χ2v) is 5.46. The maximum Gasteiger partial charge on any atom is 0.417 e. The third kappa shape index (κ3) is 3.91. The van der Waals surface area contributed by atoms with Gasteiger partial charge in [0.1, 0.15) is 0 Å². The van der Waals surface area contributed by atoms with Crippen LogP contribution in [0, 0.1) is 0 Å². The fourth-order valence-corrected chi connectivity index (χ4v) is 2.39. The van der Waals surface area contributed by atoms with E-state index in [9.17, 15) is 18.0 Å². The summed E-state index contributed by atoms with van der Waals surface area (Å²) in [5.74, 6) is 0.256. The van der Waals surface area contributed by atoms with Crippen molar-refractivity contribution in [2.45, 2.75) is 6.18 Å². The molecule has 0 saturated carbocycles. The lowest BCUT2D eigenvalue weighted by Crippen LogP contribution is -2.20. The van der Waals surface area contributed by atoms with Gasteiger partial charge in [0, 0.05) is 11.3 Å². The SMILES string of the molecule is O=C(Nc1ccc(Cl)c(C(F)(F)F)c1)Nc1ccccc1-c1nn[nH]n1. The Kier molecular flexibility index (Phi) is 4.76. The van der Waals surface area contributed by atoms with Crippen LogP contribution in [0.5, 0.6) is 0 Å². The largest absolute Gasteiger partial charge is 0.417 e. The van der Waals surface area contributed by atoms with Crippen LogP contribution in [-0.4, -0.2) is 26.7 Å². The molecule has 0 bridgehead atoms. The fourth-order valence-electron chi connectivity index (χ4n) is 2.17. The van der Waals surface area contributed by atoms with Gasteiger partial charge in [-0.1, -0.05) is 23.7 Å². The van der Waals surface area contributed by atoms with Crippen LogP contribution in [0.2, 0.25) is 5.02 Å². The highest BCUT2D eigenvalue weighted by Gasteiger charge is 2.33. The van der Waals surface area contributed by atoms with Gasteiger partial charge in [0.15, 0.2) is 0 Å². The highest BCUT2D eigenvalue weighted by Crippen LogP contribution is 2.36. The number of hydrogen-bond acceptors (Lipinski definition) is 4. The number of carbonyl (C=O) groups excluding carboxylic acids is 1. The molecule has 3 N–H and O–H groups in total. The minimum absolute atomic E-state index is 0.0590. The molecule has 0 radical (unpaired) electrons. The van der Waals surface area contributed by atoms with Gasteiger partial charge in [0.25, 0.3) is 0 Å². The summed E-state index contributed by atoms with van der Waals surface area (Å²) in [6, 6.07) is 8.98. The van der Waals surface area contributed by atoms with E-state index in [0.29, 0.717) is 11.3 Å². The van der Waals surface area contributed by atoms with Crippen molar-refractivity contribution >= 4 is 29.0 Å². The zero-order valence-electron chi connectivity index (χ0n) is 12.8. The number of rotatable bonds is 3. The molecule has 11 heteroatoms. The lowest BCUT2D eigenvalue weighted by atomic mass is 10.1. The minimum Gasteiger partial charge on any atom is -0.308 e. The Morgan fingerprint density at radius 2 is 1.88 bits per heavy atom. The van der Waals surface area contributed by atoms with E-state index in [1.54, 1.807) is 24.3 Å². The zero-order chi connectivity index (χ0) is 18.7. The van der Waals surface area contributed by atoms with Gasteiger partial charge in [0.2, 0.25) is 5.82 Å². The molecule has 0 aliphatic heterocycles. The number of para-hydroxylation sites is 1. The van der Waals surface area contributed by atoms with E-state index in [1.165, 1.54) is 6.07 Å². The van der Waals surface area contributed by atoms with E-state index in [0.717, 1.165) is 12.1 Å². The van der Waals surface area contributed by atoms with Crippen LogP contribution in [0.4, 0.5) is 29.3 Å². The first-order valence-corrected chi connectivity index (χ1v) is 7.50. The van der Waals surface area contributed by atoms with Crippen LogP contribution in [-0.2, 0) is 6.18 Å². The highest BCUT2D eigenvalue weighted by atomic mass is 35.5. The van der Waals surface area contributed by atoms with Gasteiger partial charge in [-0.15, -0.1) is 10.2 Å². The van der Waals surface area contributed by atoms with Crippen molar-refractivity contribution in [2.75, 3.05) is 10.6 Å². The van der Waals surface area contributed by atoms with Crippen molar-refractivity contribution in [2.24, 2.45) is 0 Å². The van der Waals surface area contributed by atoms with Gasteiger partial charge in [-0.3, -0.25) is 0 Å².